The van der Waals surface area contributed by atoms with Crippen LogP contribution in [-0.2, 0) is 7.05 Å². The Balaban J connectivity index is 2.38. The van der Waals surface area contributed by atoms with Gasteiger partial charge in [-0.25, -0.2) is 0 Å². The predicted octanol–water partition coefficient (Wildman–Crippen LogP) is 1.40. The molecule has 1 aromatic heterocycles. The van der Waals surface area contributed by atoms with Crippen LogP contribution in [0.2, 0.25) is 0 Å². The van der Waals surface area contributed by atoms with Crippen molar-refractivity contribution in [1.29, 1.82) is 0 Å². The van der Waals surface area contributed by atoms with Crippen LogP contribution in [-0.4, -0.2) is 27.1 Å². The number of aromatic nitrogens is 2. The molecule has 0 N–H and O–H groups in total. The van der Waals surface area contributed by atoms with Gasteiger partial charge in [0.2, 0.25) is 5.78 Å². The number of ketones is 3. The van der Waals surface area contributed by atoms with E-state index in [1.165, 1.54) is 11.6 Å². The second kappa shape index (κ2) is 3.71. The van der Waals surface area contributed by atoms with E-state index in [-0.39, 0.29) is 34.3 Å². The van der Waals surface area contributed by atoms with Crippen LogP contribution >= 0.6 is 0 Å². The van der Waals surface area contributed by atoms with Crippen molar-refractivity contribution in [2.45, 2.75) is 6.92 Å². The SMILES string of the molecule is CC(=O)c1nn(C)c2c1C(=O)c1ccccc1C2=O. The molecule has 5 nitrogen and oxygen atoms in total. The molecule has 0 atom stereocenters. The van der Waals surface area contributed by atoms with E-state index in [2.05, 4.69) is 5.10 Å². The third kappa shape index (κ3) is 1.41. The van der Waals surface area contributed by atoms with Crippen molar-refractivity contribution in [3.05, 3.63) is 52.3 Å². The van der Waals surface area contributed by atoms with Crippen LogP contribution in [0.5, 0.6) is 0 Å². The van der Waals surface area contributed by atoms with Crippen molar-refractivity contribution >= 4 is 17.3 Å². The van der Waals surface area contributed by atoms with Gasteiger partial charge < -0.3 is 0 Å². The highest BCUT2D eigenvalue weighted by atomic mass is 16.1. The number of hydrogen-bond donors (Lipinski definition) is 0. The van der Waals surface area contributed by atoms with Crippen LogP contribution in [0.3, 0.4) is 0 Å². The summed E-state index contributed by atoms with van der Waals surface area (Å²) in [5, 5.41) is 4.00. The maximum atomic E-state index is 12.4. The van der Waals surface area contributed by atoms with E-state index in [4.69, 9.17) is 0 Å². The zero-order valence-corrected chi connectivity index (χ0v) is 10.4. The minimum absolute atomic E-state index is 0.0605. The molecule has 0 aliphatic heterocycles. The maximum absolute atomic E-state index is 12.4. The van der Waals surface area contributed by atoms with Crippen molar-refractivity contribution in [2.75, 3.05) is 0 Å². The summed E-state index contributed by atoms with van der Waals surface area (Å²) in [5.41, 5.74) is 1.06. The Morgan fingerprint density at radius 1 is 1.11 bits per heavy atom. The number of aryl methyl sites for hydroxylation is 1. The van der Waals surface area contributed by atoms with E-state index in [1.54, 1.807) is 31.3 Å². The summed E-state index contributed by atoms with van der Waals surface area (Å²) >= 11 is 0. The maximum Gasteiger partial charge on any atom is 0.212 e. The van der Waals surface area contributed by atoms with Crippen LogP contribution in [0.4, 0.5) is 0 Å². The summed E-state index contributed by atoms with van der Waals surface area (Å²) < 4.78 is 1.31. The van der Waals surface area contributed by atoms with Crippen molar-refractivity contribution in [3.8, 4) is 0 Å². The zero-order chi connectivity index (χ0) is 13.7. The van der Waals surface area contributed by atoms with Gasteiger partial charge in [0, 0.05) is 25.1 Å². The second-order valence-electron chi connectivity index (χ2n) is 4.46. The van der Waals surface area contributed by atoms with Crippen LogP contribution in [0.25, 0.3) is 0 Å². The topological polar surface area (TPSA) is 69.0 Å². The average molecular weight is 254 g/mol. The molecule has 19 heavy (non-hydrogen) atoms. The third-order valence-electron chi connectivity index (χ3n) is 3.24. The van der Waals surface area contributed by atoms with Gasteiger partial charge in [-0.15, -0.1) is 0 Å². The highest BCUT2D eigenvalue weighted by Gasteiger charge is 2.36. The molecule has 1 aromatic carbocycles. The highest BCUT2D eigenvalue weighted by molar-refractivity contribution is 6.30. The van der Waals surface area contributed by atoms with Crippen LogP contribution in [0, 0.1) is 0 Å². The average Bonchev–Trinajstić information content (AvgIpc) is 2.74. The first-order valence-corrected chi connectivity index (χ1v) is 5.78. The van der Waals surface area contributed by atoms with Gasteiger partial charge in [-0.05, 0) is 0 Å². The van der Waals surface area contributed by atoms with E-state index in [1.807, 2.05) is 0 Å². The normalized spacial score (nSPS) is 13.2. The molecule has 0 unspecified atom stereocenters. The molecular formula is C14H10N2O3. The van der Waals surface area contributed by atoms with E-state index >= 15 is 0 Å². The van der Waals surface area contributed by atoms with Gasteiger partial charge in [0.15, 0.2) is 11.6 Å². The smallest absolute Gasteiger partial charge is 0.212 e. The Labute approximate surface area is 108 Å². The first kappa shape index (κ1) is 11.5. The summed E-state index contributed by atoms with van der Waals surface area (Å²) in [7, 11) is 1.56. The molecule has 1 heterocycles. The van der Waals surface area contributed by atoms with Crippen molar-refractivity contribution in [3.63, 3.8) is 0 Å². The van der Waals surface area contributed by atoms with E-state index in [9.17, 15) is 14.4 Å². The Bertz CT molecular complexity index is 756. The molecule has 5 heteroatoms. The Kier molecular flexibility index (Phi) is 2.25. The van der Waals surface area contributed by atoms with Gasteiger partial charge in [0.25, 0.3) is 0 Å². The van der Waals surface area contributed by atoms with Crippen molar-refractivity contribution in [1.82, 2.24) is 9.78 Å². The molecule has 3 rings (SSSR count). The number of carbonyl (C=O) groups is 3. The van der Waals surface area contributed by atoms with Gasteiger partial charge in [-0.1, -0.05) is 24.3 Å². The van der Waals surface area contributed by atoms with Crippen LogP contribution in [0.1, 0.15) is 49.4 Å². The molecule has 2 aromatic rings. The molecule has 94 valence electrons. The summed E-state index contributed by atoms with van der Waals surface area (Å²) in [6, 6.07) is 6.60. The molecule has 0 fully saturated rings. The molecule has 0 saturated heterocycles. The van der Waals surface area contributed by atoms with Gasteiger partial charge in [-0.3, -0.25) is 19.1 Å². The van der Waals surface area contributed by atoms with Gasteiger partial charge in [-0.2, -0.15) is 5.10 Å². The molecule has 0 bridgehead atoms. The van der Waals surface area contributed by atoms with E-state index in [0.717, 1.165) is 0 Å². The quantitative estimate of drug-likeness (QED) is 0.615. The summed E-state index contributed by atoms with van der Waals surface area (Å²) in [6.07, 6.45) is 0. The fraction of sp³-hybridized carbons (Fsp3) is 0.143. The number of nitrogens with zero attached hydrogens (tertiary/aromatic N) is 2. The lowest BCUT2D eigenvalue weighted by molar-refractivity contribution is 0.0966. The van der Waals surface area contributed by atoms with Gasteiger partial charge in [0.05, 0.1) is 5.56 Å². The van der Waals surface area contributed by atoms with Crippen molar-refractivity contribution in [2.24, 2.45) is 7.05 Å². The molecule has 1 aliphatic carbocycles. The molecule has 0 spiro atoms. The predicted molar refractivity (Wildman–Crippen MR) is 66.5 cm³/mol. The zero-order valence-electron chi connectivity index (χ0n) is 10.4. The summed E-state index contributed by atoms with van der Waals surface area (Å²) in [5.74, 6) is -0.909. The summed E-state index contributed by atoms with van der Waals surface area (Å²) in [4.78, 5) is 36.4. The molecule has 0 saturated carbocycles. The highest BCUT2D eigenvalue weighted by Crippen LogP contribution is 2.29. The second-order valence-corrected chi connectivity index (χ2v) is 4.46. The number of rotatable bonds is 1. The Hall–Kier alpha value is -2.56. The fourth-order valence-corrected chi connectivity index (χ4v) is 2.39. The van der Waals surface area contributed by atoms with E-state index in [0.29, 0.717) is 11.1 Å². The Morgan fingerprint density at radius 2 is 1.68 bits per heavy atom. The minimum Gasteiger partial charge on any atom is -0.293 e. The fourth-order valence-electron chi connectivity index (χ4n) is 2.39. The molecule has 0 amide bonds. The standard InChI is InChI=1S/C14H10N2O3/c1-7(17)11-10-12(16(2)15-11)14(19)9-6-4-3-5-8(9)13(10)18/h3-6H,1-2H3. The first-order valence-electron chi connectivity index (χ1n) is 5.78. The van der Waals surface area contributed by atoms with Gasteiger partial charge >= 0.3 is 0 Å². The van der Waals surface area contributed by atoms with Gasteiger partial charge in [0.1, 0.15) is 11.4 Å². The first-order chi connectivity index (χ1) is 9.02. The molecular weight excluding hydrogens is 244 g/mol. The summed E-state index contributed by atoms with van der Waals surface area (Å²) in [6.45, 7) is 1.33. The lowest BCUT2D eigenvalue weighted by Gasteiger charge is -2.14. The number of fused-ring (bicyclic) bond motifs is 2. The molecule has 1 aliphatic rings. The lowest BCUT2D eigenvalue weighted by Crippen LogP contribution is -2.23. The monoisotopic (exact) mass is 254 g/mol. The molecule has 0 radical (unpaired) electrons. The largest absolute Gasteiger partial charge is 0.293 e. The number of hydrogen-bond acceptors (Lipinski definition) is 4. The lowest BCUT2D eigenvalue weighted by atomic mass is 9.86. The number of Topliss-reactive ketones (excluding diaryl/α,β-unsaturated/α-hetero) is 1. The van der Waals surface area contributed by atoms with Crippen LogP contribution in [0.15, 0.2) is 24.3 Å². The number of carbonyl (C=O) groups excluding carboxylic acids is 3. The van der Waals surface area contributed by atoms with Crippen molar-refractivity contribution < 1.29 is 14.4 Å². The Morgan fingerprint density at radius 3 is 2.26 bits per heavy atom. The van der Waals surface area contributed by atoms with E-state index < -0.39 is 0 Å². The van der Waals surface area contributed by atoms with Crippen LogP contribution < -0.4 is 0 Å². The third-order valence-corrected chi connectivity index (χ3v) is 3.24. The number of benzene rings is 1. The minimum atomic E-state index is -0.322.